The molecule has 5 aliphatic carbocycles. The number of benzene rings is 2. The minimum atomic E-state index is 0.0653. The number of urea groups is 2. The van der Waals surface area contributed by atoms with E-state index in [9.17, 15) is 9.59 Å². The number of amides is 4. The number of anilines is 4. The van der Waals surface area contributed by atoms with Crippen LogP contribution in [0.25, 0.3) is 0 Å². The molecule has 7 rings (SSSR count). The molecule has 2 N–H and O–H groups in total. The van der Waals surface area contributed by atoms with Crippen molar-refractivity contribution in [3.63, 3.8) is 0 Å². The Kier molecular flexibility index (Phi) is 9.79. The van der Waals surface area contributed by atoms with Crippen molar-refractivity contribution in [2.24, 2.45) is 35.5 Å². The number of rotatable bonds is 10. The summed E-state index contributed by atoms with van der Waals surface area (Å²) in [6.45, 7) is 1.65. The number of carbonyl (C=O) groups is 2. The minimum Gasteiger partial charge on any atom is -0.378 e. The summed E-state index contributed by atoms with van der Waals surface area (Å²) >= 11 is 0. The van der Waals surface area contributed by atoms with Gasteiger partial charge in [0, 0.05) is 76.1 Å². The van der Waals surface area contributed by atoms with Crippen LogP contribution >= 0.6 is 0 Å². The first-order valence-corrected chi connectivity index (χ1v) is 18.9. The van der Waals surface area contributed by atoms with Gasteiger partial charge in [-0.05, 0) is 142 Å². The number of hydrogen-bond donors (Lipinski definition) is 2. The zero-order valence-corrected chi connectivity index (χ0v) is 29.7. The molecule has 2 aromatic carbocycles. The van der Waals surface area contributed by atoms with Crippen LogP contribution in [0.1, 0.15) is 77.0 Å². The van der Waals surface area contributed by atoms with Gasteiger partial charge in [0.2, 0.25) is 0 Å². The van der Waals surface area contributed by atoms with Crippen molar-refractivity contribution in [2.75, 3.05) is 61.7 Å². The van der Waals surface area contributed by atoms with Gasteiger partial charge < -0.3 is 30.2 Å². The number of carbonyl (C=O) groups excluding carboxylic acids is 2. The van der Waals surface area contributed by atoms with E-state index in [2.05, 4.69) is 54.5 Å². The fraction of sp³-hybridized carbons (Fsp3) is 0.650. The van der Waals surface area contributed by atoms with Crippen molar-refractivity contribution >= 4 is 34.8 Å². The maximum absolute atomic E-state index is 14.0. The lowest BCUT2D eigenvalue weighted by Crippen LogP contribution is -2.50. The lowest BCUT2D eigenvalue weighted by atomic mass is 9.80. The third kappa shape index (κ3) is 7.28. The second kappa shape index (κ2) is 14.2. The summed E-state index contributed by atoms with van der Waals surface area (Å²) in [4.78, 5) is 36.7. The third-order valence-corrected chi connectivity index (χ3v) is 12.8. The third-order valence-electron chi connectivity index (χ3n) is 12.8. The largest absolute Gasteiger partial charge is 0.378 e. The fourth-order valence-electron chi connectivity index (χ4n) is 10.3. The molecule has 0 spiro atoms. The molecule has 5 fully saturated rings. The summed E-state index contributed by atoms with van der Waals surface area (Å²) in [5.41, 5.74) is 3.98. The molecule has 5 aliphatic rings. The molecular formula is C40H58N6O2. The molecule has 6 unspecified atom stereocenters. The number of fused-ring (bicyclic) bond motifs is 4. The van der Waals surface area contributed by atoms with Gasteiger partial charge in [-0.25, -0.2) is 9.59 Å². The molecule has 0 radical (unpaired) electrons. The van der Waals surface area contributed by atoms with Gasteiger partial charge in [-0.1, -0.05) is 19.3 Å². The normalized spacial score (nSPS) is 30.2. The molecule has 8 atom stereocenters. The van der Waals surface area contributed by atoms with E-state index in [1.807, 2.05) is 52.5 Å². The van der Waals surface area contributed by atoms with Crippen LogP contribution in [0, 0.1) is 35.5 Å². The molecule has 48 heavy (non-hydrogen) atoms. The lowest BCUT2D eigenvalue weighted by molar-refractivity contribution is 0.105. The highest BCUT2D eigenvalue weighted by Gasteiger charge is 2.46. The summed E-state index contributed by atoms with van der Waals surface area (Å²) in [5, 5.41) is 6.56. The van der Waals surface area contributed by atoms with Crippen LogP contribution in [0.3, 0.4) is 0 Å². The molecule has 0 saturated heterocycles. The number of nitrogens with zero attached hydrogens (tertiary/aromatic N) is 4. The van der Waals surface area contributed by atoms with Crippen LogP contribution < -0.4 is 20.4 Å². The van der Waals surface area contributed by atoms with Gasteiger partial charge in [0.25, 0.3) is 0 Å². The van der Waals surface area contributed by atoms with Gasteiger partial charge in [-0.3, -0.25) is 0 Å². The van der Waals surface area contributed by atoms with Crippen molar-refractivity contribution in [3.8, 4) is 0 Å². The SMILES string of the molecule is CN(C)c1ccc(NC(=O)N(CC2CCCC(CN(C(=O)Nc3ccc(N(C)C)cc3)[C@H]3C[C@H]4CCC3C4)C2)C2CC3CCC2C3)cc1. The van der Waals surface area contributed by atoms with Crippen LogP contribution in [-0.4, -0.2) is 75.2 Å². The van der Waals surface area contributed by atoms with E-state index in [0.717, 1.165) is 79.8 Å². The van der Waals surface area contributed by atoms with Crippen LogP contribution in [0.15, 0.2) is 48.5 Å². The molecule has 0 aliphatic heterocycles. The average Bonchev–Trinajstić information content (AvgIpc) is 3.90. The Morgan fingerprint density at radius 1 is 0.562 bits per heavy atom. The van der Waals surface area contributed by atoms with Gasteiger partial charge in [-0.15, -0.1) is 0 Å². The maximum atomic E-state index is 14.0. The summed E-state index contributed by atoms with van der Waals surface area (Å²) in [6.07, 6.45) is 14.6. The minimum absolute atomic E-state index is 0.0653. The van der Waals surface area contributed by atoms with Crippen molar-refractivity contribution in [3.05, 3.63) is 48.5 Å². The van der Waals surface area contributed by atoms with E-state index in [1.165, 1.54) is 44.9 Å². The molecule has 4 amide bonds. The maximum Gasteiger partial charge on any atom is 0.322 e. The zero-order valence-electron chi connectivity index (χ0n) is 29.7. The summed E-state index contributed by atoms with van der Waals surface area (Å²) < 4.78 is 0. The molecule has 260 valence electrons. The number of nitrogens with one attached hydrogen (secondary N) is 2. The van der Waals surface area contributed by atoms with E-state index in [-0.39, 0.29) is 12.1 Å². The Morgan fingerprint density at radius 2 is 0.979 bits per heavy atom. The van der Waals surface area contributed by atoms with Crippen molar-refractivity contribution < 1.29 is 9.59 Å². The molecule has 0 aromatic heterocycles. The quantitative estimate of drug-likeness (QED) is 0.270. The highest BCUT2D eigenvalue weighted by molar-refractivity contribution is 5.90. The van der Waals surface area contributed by atoms with Gasteiger partial charge in [0.15, 0.2) is 0 Å². The Balaban J connectivity index is 1.03. The van der Waals surface area contributed by atoms with Crippen LogP contribution in [0.2, 0.25) is 0 Å². The van der Waals surface area contributed by atoms with E-state index < -0.39 is 0 Å². The standard InChI is InChI=1S/C40H58N6O2/c1-43(2)35-16-12-33(13-17-35)41-39(47)45(37-23-27-8-10-31(37)21-27)25-29-6-5-7-30(20-29)26-46(38-24-28-9-11-32(38)22-28)40(48)42-34-14-18-36(19-15-34)44(3)4/h12-19,27-32,37-38H,5-11,20-26H2,1-4H3,(H,41,47)(H,42,48)/t27-,28?,29?,30?,31?,32?,37-,38?/m0/s1. The molecule has 8 nitrogen and oxygen atoms in total. The second-order valence-electron chi connectivity index (χ2n) is 16.4. The first kappa shape index (κ1) is 33.1. The summed E-state index contributed by atoms with van der Waals surface area (Å²) in [7, 11) is 8.15. The Bertz CT molecular complexity index is 1300. The zero-order chi connectivity index (χ0) is 33.4. The highest BCUT2D eigenvalue weighted by Crippen LogP contribution is 2.49. The van der Waals surface area contributed by atoms with E-state index in [1.54, 1.807) is 0 Å². The van der Waals surface area contributed by atoms with Crippen LogP contribution in [-0.2, 0) is 0 Å². The van der Waals surface area contributed by atoms with Gasteiger partial charge >= 0.3 is 12.1 Å². The molecule has 5 saturated carbocycles. The van der Waals surface area contributed by atoms with E-state index in [4.69, 9.17) is 0 Å². The topological polar surface area (TPSA) is 71.2 Å². The monoisotopic (exact) mass is 654 g/mol. The first-order chi connectivity index (χ1) is 23.2. The molecule has 0 heterocycles. The van der Waals surface area contributed by atoms with Gasteiger partial charge in [-0.2, -0.15) is 0 Å². The average molecular weight is 655 g/mol. The van der Waals surface area contributed by atoms with Crippen molar-refractivity contribution in [2.45, 2.75) is 89.1 Å². The molecule has 4 bridgehead atoms. The Labute approximate surface area is 288 Å². The number of hydrogen-bond acceptors (Lipinski definition) is 4. The molecule has 8 heteroatoms. The lowest BCUT2D eigenvalue weighted by Gasteiger charge is -2.41. The molecule has 2 aromatic rings. The summed E-state index contributed by atoms with van der Waals surface area (Å²) in [5.74, 6) is 3.77. The first-order valence-electron chi connectivity index (χ1n) is 18.9. The van der Waals surface area contributed by atoms with Crippen LogP contribution in [0.4, 0.5) is 32.3 Å². The summed E-state index contributed by atoms with van der Waals surface area (Å²) in [6, 6.07) is 17.2. The Hall–Kier alpha value is -3.42. The van der Waals surface area contributed by atoms with Gasteiger partial charge in [0.1, 0.15) is 0 Å². The predicted molar refractivity (Wildman–Crippen MR) is 197 cm³/mol. The van der Waals surface area contributed by atoms with Gasteiger partial charge in [0.05, 0.1) is 0 Å². The fourth-order valence-corrected chi connectivity index (χ4v) is 10.3. The van der Waals surface area contributed by atoms with Crippen molar-refractivity contribution in [1.29, 1.82) is 0 Å². The van der Waals surface area contributed by atoms with E-state index >= 15 is 0 Å². The predicted octanol–water partition coefficient (Wildman–Crippen LogP) is 8.37. The van der Waals surface area contributed by atoms with E-state index in [0.29, 0.717) is 35.8 Å². The highest BCUT2D eigenvalue weighted by atomic mass is 16.2. The Morgan fingerprint density at radius 3 is 1.31 bits per heavy atom. The second-order valence-corrected chi connectivity index (χ2v) is 16.4. The van der Waals surface area contributed by atoms with Crippen molar-refractivity contribution in [1.82, 2.24) is 9.80 Å². The molecular weight excluding hydrogens is 596 g/mol. The van der Waals surface area contributed by atoms with Crippen LogP contribution in [0.5, 0.6) is 0 Å². The smallest absolute Gasteiger partial charge is 0.322 e.